The van der Waals surface area contributed by atoms with Crippen molar-refractivity contribution in [1.82, 2.24) is 9.88 Å². The van der Waals surface area contributed by atoms with Crippen LogP contribution in [-0.4, -0.2) is 42.0 Å². The summed E-state index contributed by atoms with van der Waals surface area (Å²) in [6.45, 7) is 6.56. The number of hydrogen-bond acceptors (Lipinski definition) is 3. The molecule has 1 saturated heterocycles. The number of piperazine rings is 1. The van der Waals surface area contributed by atoms with Gasteiger partial charge in [0, 0.05) is 43.4 Å². The fraction of sp³-hybridized carbons (Fsp3) is 0.429. The van der Waals surface area contributed by atoms with E-state index in [2.05, 4.69) is 23.7 Å². The maximum atomic E-state index is 12.9. The molecule has 0 saturated carbocycles. The van der Waals surface area contributed by atoms with Crippen molar-refractivity contribution in [2.45, 2.75) is 26.4 Å². The molecule has 2 heterocycles. The fourth-order valence-corrected chi connectivity index (χ4v) is 3.24. The van der Waals surface area contributed by atoms with Gasteiger partial charge in [-0.1, -0.05) is 32.4 Å². The van der Waals surface area contributed by atoms with Crippen LogP contribution in [0, 0.1) is 5.92 Å². The summed E-state index contributed by atoms with van der Waals surface area (Å²) < 4.78 is 38.8. The number of allylic oxidation sites excluding steroid dienone is 1. The first kappa shape index (κ1) is 20.2. The van der Waals surface area contributed by atoms with Gasteiger partial charge in [0.25, 0.3) is 0 Å². The lowest BCUT2D eigenvalue weighted by atomic mass is 10.1. The summed E-state index contributed by atoms with van der Waals surface area (Å²) in [5, 5.41) is 0.687. The second-order valence-corrected chi connectivity index (χ2v) is 7.12. The largest absolute Gasteiger partial charge is 0.416 e. The van der Waals surface area contributed by atoms with Gasteiger partial charge >= 0.3 is 6.18 Å². The monoisotopic (exact) mass is 391 g/mol. The SMILES string of the molecule is CCC(C)C=CC(=O)N1CCN(c2ccnc3cc(C(F)(F)F)ccc23)CC1. The molecule has 4 nitrogen and oxygen atoms in total. The average molecular weight is 391 g/mol. The Balaban J connectivity index is 1.73. The summed E-state index contributed by atoms with van der Waals surface area (Å²) in [6, 6.07) is 5.47. The Bertz CT molecular complexity index is 871. The minimum Gasteiger partial charge on any atom is -0.367 e. The van der Waals surface area contributed by atoms with Crippen molar-refractivity contribution in [3.8, 4) is 0 Å². The first-order chi connectivity index (χ1) is 13.3. The molecular formula is C21H24F3N3O. The van der Waals surface area contributed by atoms with Gasteiger partial charge in [-0.05, 0) is 30.2 Å². The Hall–Kier alpha value is -2.57. The van der Waals surface area contributed by atoms with Gasteiger partial charge in [0.2, 0.25) is 5.91 Å². The Morgan fingerprint density at radius 1 is 1.21 bits per heavy atom. The molecular weight excluding hydrogens is 367 g/mol. The van der Waals surface area contributed by atoms with Gasteiger partial charge in [0.05, 0.1) is 11.1 Å². The molecule has 1 amide bonds. The highest BCUT2D eigenvalue weighted by Crippen LogP contribution is 2.33. The van der Waals surface area contributed by atoms with Gasteiger partial charge in [-0.15, -0.1) is 0 Å². The van der Waals surface area contributed by atoms with E-state index in [0.29, 0.717) is 43.0 Å². The number of pyridine rings is 1. The Labute approximate surface area is 162 Å². The minimum absolute atomic E-state index is 0.00866. The van der Waals surface area contributed by atoms with E-state index in [4.69, 9.17) is 0 Å². The molecule has 7 heteroatoms. The molecule has 3 rings (SSSR count). The van der Waals surface area contributed by atoms with Crippen molar-refractivity contribution in [2.75, 3.05) is 31.1 Å². The van der Waals surface area contributed by atoms with Crippen LogP contribution in [0.5, 0.6) is 0 Å². The van der Waals surface area contributed by atoms with Crippen molar-refractivity contribution in [1.29, 1.82) is 0 Å². The molecule has 1 fully saturated rings. The van der Waals surface area contributed by atoms with E-state index in [1.807, 2.05) is 12.1 Å². The number of rotatable bonds is 4. The Morgan fingerprint density at radius 2 is 1.93 bits per heavy atom. The summed E-state index contributed by atoms with van der Waals surface area (Å²) >= 11 is 0. The van der Waals surface area contributed by atoms with Crippen LogP contribution in [0.3, 0.4) is 0 Å². The second-order valence-electron chi connectivity index (χ2n) is 7.12. The second kappa shape index (κ2) is 8.20. The van der Waals surface area contributed by atoms with E-state index >= 15 is 0 Å². The number of hydrogen-bond donors (Lipinski definition) is 0. The first-order valence-corrected chi connectivity index (χ1v) is 9.47. The number of carbonyl (C=O) groups excluding carboxylic acids is 1. The van der Waals surface area contributed by atoms with Crippen LogP contribution >= 0.6 is 0 Å². The van der Waals surface area contributed by atoms with Gasteiger partial charge in [-0.2, -0.15) is 13.2 Å². The number of alkyl halides is 3. The van der Waals surface area contributed by atoms with Crippen LogP contribution in [0.15, 0.2) is 42.6 Å². The smallest absolute Gasteiger partial charge is 0.367 e. The van der Waals surface area contributed by atoms with Gasteiger partial charge in [0.15, 0.2) is 0 Å². The third-order valence-electron chi connectivity index (χ3n) is 5.19. The molecule has 1 aromatic carbocycles. The standard InChI is InChI=1S/C21H24F3N3O/c1-3-15(2)4-7-20(28)27-12-10-26(11-13-27)19-8-9-25-18-14-16(21(22,23)24)5-6-17(18)19/h4-9,14-15H,3,10-13H2,1-2H3. The lowest BCUT2D eigenvalue weighted by Gasteiger charge is -2.36. The van der Waals surface area contributed by atoms with E-state index in [0.717, 1.165) is 24.2 Å². The van der Waals surface area contributed by atoms with Crippen molar-refractivity contribution >= 4 is 22.5 Å². The van der Waals surface area contributed by atoms with E-state index in [9.17, 15) is 18.0 Å². The Morgan fingerprint density at radius 3 is 2.57 bits per heavy atom. The summed E-state index contributed by atoms with van der Waals surface area (Å²) in [7, 11) is 0. The predicted octanol–water partition coefficient (Wildman–Crippen LogP) is 4.50. The average Bonchev–Trinajstić information content (AvgIpc) is 2.70. The van der Waals surface area contributed by atoms with Crippen LogP contribution in [0.25, 0.3) is 10.9 Å². The molecule has 28 heavy (non-hydrogen) atoms. The molecule has 2 aromatic rings. The maximum Gasteiger partial charge on any atom is 0.416 e. The topological polar surface area (TPSA) is 36.4 Å². The molecule has 0 spiro atoms. The lowest BCUT2D eigenvalue weighted by Crippen LogP contribution is -2.48. The van der Waals surface area contributed by atoms with Crippen molar-refractivity contribution < 1.29 is 18.0 Å². The highest BCUT2D eigenvalue weighted by molar-refractivity contribution is 5.92. The van der Waals surface area contributed by atoms with Crippen LogP contribution in [0.2, 0.25) is 0 Å². The van der Waals surface area contributed by atoms with Crippen LogP contribution in [0.1, 0.15) is 25.8 Å². The highest BCUT2D eigenvalue weighted by atomic mass is 19.4. The van der Waals surface area contributed by atoms with E-state index in [1.165, 1.54) is 12.3 Å². The number of nitrogens with zero attached hydrogens (tertiary/aromatic N) is 3. The minimum atomic E-state index is -4.39. The molecule has 0 aliphatic carbocycles. The number of aromatic nitrogens is 1. The number of halogens is 3. The lowest BCUT2D eigenvalue weighted by molar-refractivity contribution is -0.137. The molecule has 0 N–H and O–H groups in total. The van der Waals surface area contributed by atoms with Crippen molar-refractivity contribution in [3.63, 3.8) is 0 Å². The highest BCUT2D eigenvalue weighted by Gasteiger charge is 2.31. The number of benzene rings is 1. The zero-order valence-electron chi connectivity index (χ0n) is 16.0. The van der Waals surface area contributed by atoms with Crippen molar-refractivity contribution in [3.05, 3.63) is 48.2 Å². The maximum absolute atomic E-state index is 12.9. The molecule has 1 aliphatic rings. The van der Waals surface area contributed by atoms with Gasteiger partial charge in [-0.3, -0.25) is 9.78 Å². The van der Waals surface area contributed by atoms with Gasteiger partial charge in [0.1, 0.15) is 0 Å². The third kappa shape index (κ3) is 4.46. The van der Waals surface area contributed by atoms with E-state index in [-0.39, 0.29) is 5.91 Å². The molecule has 0 radical (unpaired) electrons. The van der Waals surface area contributed by atoms with Gasteiger partial charge in [-0.25, -0.2) is 0 Å². The summed E-state index contributed by atoms with van der Waals surface area (Å²) in [6.07, 6.45) is 1.71. The summed E-state index contributed by atoms with van der Waals surface area (Å²) in [4.78, 5) is 20.3. The molecule has 0 bridgehead atoms. The van der Waals surface area contributed by atoms with Crippen LogP contribution in [-0.2, 0) is 11.0 Å². The van der Waals surface area contributed by atoms with E-state index < -0.39 is 11.7 Å². The van der Waals surface area contributed by atoms with E-state index in [1.54, 1.807) is 11.0 Å². The molecule has 1 aliphatic heterocycles. The molecule has 1 aromatic heterocycles. The zero-order chi connectivity index (χ0) is 20.3. The summed E-state index contributed by atoms with van der Waals surface area (Å²) in [5.74, 6) is 0.379. The van der Waals surface area contributed by atoms with Gasteiger partial charge < -0.3 is 9.80 Å². The Kier molecular flexibility index (Phi) is 5.91. The van der Waals surface area contributed by atoms with Crippen molar-refractivity contribution in [2.24, 2.45) is 5.92 Å². The predicted molar refractivity (Wildman–Crippen MR) is 104 cm³/mol. The first-order valence-electron chi connectivity index (χ1n) is 9.47. The zero-order valence-corrected chi connectivity index (χ0v) is 16.0. The fourth-order valence-electron chi connectivity index (χ4n) is 3.24. The van der Waals surface area contributed by atoms with Crippen LogP contribution < -0.4 is 4.90 Å². The molecule has 150 valence electrons. The quantitative estimate of drug-likeness (QED) is 0.720. The number of anilines is 1. The third-order valence-corrected chi connectivity index (χ3v) is 5.19. The summed E-state index contributed by atoms with van der Waals surface area (Å²) in [5.41, 5.74) is 0.469. The number of carbonyl (C=O) groups is 1. The number of fused-ring (bicyclic) bond motifs is 1. The molecule has 1 atom stereocenters. The number of amides is 1. The van der Waals surface area contributed by atoms with Crippen LogP contribution in [0.4, 0.5) is 18.9 Å². The normalized spacial score (nSPS) is 16.8. The molecule has 1 unspecified atom stereocenters.